The van der Waals surface area contributed by atoms with Crippen molar-refractivity contribution in [3.05, 3.63) is 30.0 Å². The summed E-state index contributed by atoms with van der Waals surface area (Å²) in [5, 5.41) is 8.70. The molecule has 17 heavy (non-hydrogen) atoms. The van der Waals surface area contributed by atoms with Gasteiger partial charge >= 0.3 is 0 Å². The monoisotopic (exact) mass is 235 g/mol. The number of aromatic amines is 1. The Hall–Kier alpha value is -1.88. The molecule has 2 aromatic rings. The molecule has 0 radical (unpaired) electrons. The van der Waals surface area contributed by atoms with Crippen molar-refractivity contribution < 1.29 is 9.63 Å². The van der Waals surface area contributed by atoms with Crippen LogP contribution < -0.4 is 0 Å². The van der Waals surface area contributed by atoms with E-state index in [1.54, 1.807) is 7.05 Å². The van der Waals surface area contributed by atoms with Gasteiger partial charge in [0.15, 0.2) is 5.69 Å². The molecule has 1 N–H and O–H groups in total. The molecule has 0 saturated heterocycles. The summed E-state index contributed by atoms with van der Waals surface area (Å²) in [5.74, 6) is -0.269. The maximum absolute atomic E-state index is 11.8. The van der Waals surface area contributed by atoms with Gasteiger partial charge in [-0.25, -0.2) is 5.06 Å². The van der Waals surface area contributed by atoms with E-state index in [1.807, 2.05) is 38.1 Å². The number of amides is 1. The molecule has 1 heterocycles. The van der Waals surface area contributed by atoms with Gasteiger partial charge in [0.25, 0.3) is 5.91 Å². The lowest BCUT2D eigenvalue weighted by Gasteiger charge is -2.11. The molecular formula is C12H17N3O2. The third-order valence-corrected chi connectivity index (χ3v) is 2.23. The van der Waals surface area contributed by atoms with Gasteiger partial charge in [-0.3, -0.25) is 14.7 Å². The van der Waals surface area contributed by atoms with Crippen molar-refractivity contribution in [1.29, 1.82) is 0 Å². The highest BCUT2D eigenvalue weighted by Crippen LogP contribution is 2.16. The van der Waals surface area contributed by atoms with E-state index in [4.69, 9.17) is 4.84 Å². The number of carbonyl (C=O) groups is 1. The van der Waals surface area contributed by atoms with E-state index in [-0.39, 0.29) is 5.91 Å². The van der Waals surface area contributed by atoms with E-state index in [0.29, 0.717) is 5.69 Å². The van der Waals surface area contributed by atoms with E-state index < -0.39 is 0 Å². The second-order valence-corrected chi connectivity index (χ2v) is 3.10. The summed E-state index contributed by atoms with van der Waals surface area (Å²) in [6, 6.07) is 7.46. The minimum Gasteiger partial charge on any atom is -0.277 e. The van der Waals surface area contributed by atoms with Crippen LogP contribution in [-0.4, -0.2) is 35.3 Å². The van der Waals surface area contributed by atoms with E-state index >= 15 is 0 Å². The Balaban J connectivity index is 0.000000686. The van der Waals surface area contributed by atoms with Crippen LogP contribution in [0.1, 0.15) is 24.3 Å². The number of benzene rings is 1. The van der Waals surface area contributed by atoms with Crippen LogP contribution in [0, 0.1) is 0 Å². The first-order chi connectivity index (χ1) is 8.24. The number of hydrogen-bond acceptors (Lipinski definition) is 3. The highest BCUT2D eigenvalue weighted by Gasteiger charge is 2.17. The summed E-state index contributed by atoms with van der Waals surface area (Å²) >= 11 is 0. The Morgan fingerprint density at radius 3 is 2.65 bits per heavy atom. The van der Waals surface area contributed by atoms with Gasteiger partial charge in [0, 0.05) is 12.4 Å². The van der Waals surface area contributed by atoms with Gasteiger partial charge in [0.05, 0.1) is 12.6 Å². The fourth-order valence-electron chi connectivity index (χ4n) is 1.36. The number of hydroxylamine groups is 2. The molecule has 0 aliphatic rings. The molecule has 5 nitrogen and oxygen atoms in total. The van der Waals surface area contributed by atoms with E-state index in [0.717, 1.165) is 16.0 Å². The van der Waals surface area contributed by atoms with Gasteiger partial charge in [-0.2, -0.15) is 5.10 Å². The predicted octanol–water partition coefficient (Wildman–Crippen LogP) is 2.22. The zero-order chi connectivity index (χ0) is 12.8. The van der Waals surface area contributed by atoms with Crippen LogP contribution in [0.25, 0.3) is 10.9 Å². The number of para-hydroxylation sites is 1. The van der Waals surface area contributed by atoms with Gasteiger partial charge in [-0.1, -0.05) is 32.0 Å². The Morgan fingerprint density at radius 2 is 2.00 bits per heavy atom. The lowest BCUT2D eigenvalue weighted by molar-refractivity contribution is -0.0759. The first-order valence-electron chi connectivity index (χ1n) is 5.49. The van der Waals surface area contributed by atoms with Crippen molar-refractivity contribution in [1.82, 2.24) is 15.3 Å². The highest BCUT2D eigenvalue weighted by molar-refractivity contribution is 6.04. The number of H-pyrrole nitrogens is 1. The summed E-state index contributed by atoms with van der Waals surface area (Å²) in [5.41, 5.74) is 1.21. The summed E-state index contributed by atoms with van der Waals surface area (Å²) < 4.78 is 0. The first kappa shape index (κ1) is 13.2. The molecule has 0 unspecified atom stereocenters. The van der Waals surface area contributed by atoms with E-state index in [1.165, 1.54) is 7.11 Å². The van der Waals surface area contributed by atoms with Crippen molar-refractivity contribution in [2.75, 3.05) is 14.2 Å². The molecule has 0 fully saturated rings. The Kier molecular flexibility index (Phi) is 4.66. The van der Waals surface area contributed by atoms with Gasteiger partial charge in [0.2, 0.25) is 0 Å². The molecule has 1 aromatic carbocycles. The fourth-order valence-corrected chi connectivity index (χ4v) is 1.36. The largest absolute Gasteiger partial charge is 0.298 e. The number of rotatable bonds is 2. The molecule has 0 spiro atoms. The Labute approximate surface area is 100 Å². The molecule has 0 saturated carbocycles. The van der Waals surface area contributed by atoms with E-state index in [9.17, 15) is 4.79 Å². The van der Waals surface area contributed by atoms with Gasteiger partial charge in [-0.05, 0) is 6.07 Å². The zero-order valence-electron chi connectivity index (χ0n) is 10.5. The summed E-state index contributed by atoms with van der Waals surface area (Å²) in [4.78, 5) is 16.6. The Morgan fingerprint density at radius 1 is 1.35 bits per heavy atom. The standard InChI is InChI=1S/C10H11N3O2.C2H6/c1-13(15-2)10(14)9-7-5-3-4-6-8(7)11-12-9;1-2/h3-6H,1-2H3,(H,11,12);1-2H3. The molecule has 1 amide bonds. The third kappa shape index (κ3) is 2.62. The first-order valence-corrected chi connectivity index (χ1v) is 5.49. The maximum Gasteiger partial charge on any atom is 0.298 e. The van der Waals surface area contributed by atoms with Crippen LogP contribution in [0.4, 0.5) is 0 Å². The average molecular weight is 235 g/mol. The van der Waals surface area contributed by atoms with Crippen molar-refractivity contribution in [3.8, 4) is 0 Å². The SMILES string of the molecule is CC.CON(C)C(=O)c1n[nH]c2ccccc12. The van der Waals surface area contributed by atoms with Crippen molar-refractivity contribution in [2.24, 2.45) is 0 Å². The number of aromatic nitrogens is 2. The molecule has 0 aliphatic carbocycles. The molecule has 92 valence electrons. The van der Waals surface area contributed by atoms with Crippen LogP contribution in [0.3, 0.4) is 0 Å². The predicted molar refractivity (Wildman–Crippen MR) is 66.5 cm³/mol. The number of carbonyl (C=O) groups excluding carboxylic acids is 1. The minimum absolute atomic E-state index is 0.269. The molecule has 0 bridgehead atoms. The van der Waals surface area contributed by atoms with Gasteiger partial charge < -0.3 is 0 Å². The fraction of sp³-hybridized carbons (Fsp3) is 0.333. The van der Waals surface area contributed by atoms with Crippen LogP contribution in [-0.2, 0) is 4.84 Å². The molecule has 1 aromatic heterocycles. The number of nitrogens with one attached hydrogen (secondary N) is 1. The molecular weight excluding hydrogens is 218 g/mol. The summed E-state index contributed by atoms with van der Waals surface area (Å²) in [6.07, 6.45) is 0. The third-order valence-electron chi connectivity index (χ3n) is 2.23. The molecule has 5 heteroatoms. The quantitative estimate of drug-likeness (QED) is 0.812. The van der Waals surface area contributed by atoms with Crippen molar-refractivity contribution in [3.63, 3.8) is 0 Å². The van der Waals surface area contributed by atoms with Crippen molar-refractivity contribution in [2.45, 2.75) is 13.8 Å². The maximum atomic E-state index is 11.8. The second-order valence-electron chi connectivity index (χ2n) is 3.10. The van der Waals surface area contributed by atoms with Crippen LogP contribution in [0.5, 0.6) is 0 Å². The minimum atomic E-state index is -0.269. The van der Waals surface area contributed by atoms with Gasteiger partial charge in [0.1, 0.15) is 0 Å². The molecule has 2 rings (SSSR count). The summed E-state index contributed by atoms with van der Waals surface area (Å²) in [6.45, 7) is 4.00. The average Bonchev–Trinajstić information content (AvgIpc) is 2.83. The van der Waals surface area contributed by atoms with Crippen LogP contribution >= 0.6 is 0 Å². The zero-order valence-corrected chi connectivity index (χ0v) is 10.5. The lowest BCUT2D eigenvalue weighted by atomic mass is 10.2. The number of nitrogens with zero attached hydrogens (tertiary/aromatic N) is 2. The lowest BCUT2D eigenvalue weighted by Crippen LogP contribution is -2.25. The van der Waals surface area contributed by atoms with Crippen LogP contribution in [0.2, 0.25) is 0 Å². The second kappa shape index (κ2) is 6.00. The molecule has 0 atom stereocenters. The van der Waals surface area contributed by atoms with E-state index in [2.05, 4.69) is 10.2 Å². The normalized spacial score (nSPS) is 9.65. The topological polar surface area (TPSA) is 58.2 Å². The number of fused-ring (bicyclic) bond motifs is 1. The summed E-state index contributed by atoms with van der Waals surface area (Å²) in [7, 11) is 2.98. The van der Waals surface area contributed by atoms with Crippen molar-refractivity contribution >= 4 is 16.8 Å². The molecule has 0 aliphatic heterocycles. The highest BCUT2D eigenvalue weighted by atomic mass is 16.7. The smallest absolute Gasteiger partial charge is 0.277 e. The number of hydrogen-bond donors (Lipinski definition) is 1. The van der Waals surface area contributed by atoms with Crippen LogP contribution in [0.15, 0.2) is 24.3 Å². The van der Waals surface area contributed by atoms with Gasteiger partial charge in [-0.15, -0.1) is 0 Å². The Bertz CT molecular complexity index is 493.